The standard InChI is InChI=1S/C16H19N3O/c1-13-6-3-4-8-15(13)12-19(2)16(20)18-11-14-7-5-9-17-10-14/h3-10H,11-12H2,1-2H3,(H,18,20). The molecule has 20 heavy (non-hydrogen) atoms. The van der Waals surface area contributed by atoms with Crippen LogP contribution in [0.5, 0.6) is 0 Å². The van der Waals surface area contributed by atoms with Gasteiger partial charge in [-0.2, -0.15) is 0 Å². The molecular weight excluding hydrogens is 250 g/mol. The number of nitrogens with one attached hydrogen (secondary N) is 1. The molecule has 2 rings (SSSR count). The molecule has 4 nitrogen and oxygen atoms in total. The highest BCUT2D eigenvalue weighted by Gasteiger charge is 2.09. The minimum Gasteiger partial charge on any atom is -0.334 e. The van der Waals surface area contributed by atoms with E-state index in [0.717, 1.165) is 11.1 Å². The van der Waals surface area contributed by atoms with Gasteiger partial charge < -0.3 is 10.2 Å². The van der Waals surface area contributed by atoms with Gasteiger partial charge in [0.25, 0.3) is 0 Å². The van der Waals surface area contributed by atoms with E-state index in [1.165, 1.54) is 5.56 Å². The smallest absolute Gasteiger partial charge is 0.317 e. The molecule has 4 heteroatoms. The minimum absolute atomic E-state index is 0.0860. The summed E-state index contributed by atoms with van der Waals surface area (Å²) in [5, 5.41) is 2.89. The van der Waals surface area contributed by atoms with Crippen molar-refractivity contribution in [1.29, 1.82) is 0 Å². The molecule has 1 aromatic heterocycles. The second-order valence-electron chi connectivity index (χ2n) is 4.80. The van der Waals surface area contributed by atoms with Gasteiger partial charge in [-0.25, -0.2) is 4.79 Å². The number of carbonyl (C=O) groups is 1. The van der Waals surface area contributed by atoms with Crippen molar-refractivity contribution in [3.8, 4) is 0 Å². The van der Waals surface area contributed by atoms with Crippen molar-refractivity contribution in [2.45, 2.75) is 20.0 Å². The van der Waals surface area contributed by atoms with Crippen LogP contribution in [-0.4, -0.2) is 23.0 Å². The van der Waals surface area contributed by atoms with E-state index < -0.39 is 0 Å². The van der Waals surface area contributed by atoms with Crippen LogP contribution in [0.4, 0.5) is 4.79 Å². The molecule has 1 aromatic carbocycles. The summed E-state index contributed by atoms with van der Waals surface area (Å²) in [4.78, 5) is 17.7. The SMILES string of the molecule is Cc1ccccc1CN(C)C(=O)NCc1cccnc1. The summed E-state index contributed by atoms with van der Waals surface area (Å²) in [5.74, 6) is 0. The van der Waals surface area contributed by atoms with Crippen molar-refractivity contribution in [2.75, 3.05) is 7.05 Å². The van der Waals surface area contributed by atoms with Crippen molar-refractivity contribution in [3.05, 3.63) is 65.5 Å². The predicted octanol–water partition coefficient (Wildman–Crippen LogP) is 2.73. The Morgan fingerprint density at radius 2 is 2.05 bits per heavy atom. The molecule has 2 amide bonds. The molecule has 0 fully saturated rings. The molecule has 0 spiro atoms. The molecule has 1 heterocycles. The van der Waals surface area contributed by atoms with E-state index >= 15 is 0 Å². The first kappa shape index (κ1) is 14.1. The zero-order valence-corrected chi connectivity index (χ0v) is 11.8. The average molecular weight is 269 g/mol. The second-order valence-corrected chi connectivity index (χ2v) is 4.80. The number of benzene rings is 1. The van der Waals surface area contributed by atoms with Gasteiger partial charge in [0.1, 0.15) is 0 Å². The van der Waals surface area contributed by atoms with Crippen molar-refractivity contribution in [2.24, 2.45) is 0 Å². The Hall–Kier alpha value is -2.36. The molecular formula is C16H19N3O. The van der Waals surface area contributed by atoms with Crippen LogP contribution in [0.25, 0.3) is 0 Å². The number of urea groups is 1. The fourth-order valence-electron chi connectivity index (χ4n) is 1.93. The predicted molar refractivity (Wildman–Crippen MR) is 79.1 cm³/mol. The number of rotatable bonds is 4. The third-order valence-corrected chi connectivity index (χ3v) is 3.18. The maximum Gasteiger partial charge on any atom is 0.317 e. The molecule has 0 atom stereocenters. The van der Waals surface area contributed by atoms with E-state index in [1.54, 1.807) is 24.3 Å². The summed E-state index contributed by atoms with van der Waals surface area (Å²) < 4.78 is 0. The van der Waals surface area contributed by atoms with Crippen LogP contribution in [0.2, 0.25) is 0 Å². The number of carbonyl (C=O) groups excluding carboxylic acids is 1. The van der Waals surface area contributed by atoms with Crippen molar-refractivity contribution < 1.29 is 4.79 Å². The Morgan fingerprint density at radius 1 is 1.25 bits per heavy atom. The lowest BCUT2D eigenvalue weighted by molar-refractivity contribution is 0.206. The van der Waals surface area contributed by atoms with Crippen LogP contribution in [-0.2, 0) is 13.1 Å². The minimum atomic E-state index is -0.0860. The number of aromatic nitrogens is 1. The number of pyridine rings is 1. The van der Waals surface area contributed by atoms with Crippen LogP contribution in [0.3, 0.4) is 0 Å². The molecule has 0 aliphatic carbocycles. The Labute approximate surface area is 119 Å². The zero-order valence-electron chi connectivity index (χ0n) is 11.8. The van der Waals surface area contributed by atoms with Crippen LogP contribution in [0.1, 0.15) is 16.7 Å². The second kappa shape index (κ2) is 6.70. The molecule has 0 bridgehead atoms. The molecule has 1 N–H and O–H groups in total. The number of amides is 2. The fraction of sp³-hybridized carbons (Fsp3) is 0.250. The Morgan fingerprint density at radius 3 is 2.75 bits per heavy atom. The Balaban J connectivity index is 1.88. The number of nitrogens with zero attached hydrogens (tertiary/aromatic N) is 2. The van der Waals surface area contributed by atoms with Crippen LogP contribution < -0.4 is 5.32 Å². The first-order valence-corrected chi connectivity index (χ1v) is 6.59. The van der Waals surface area contributed by atoms with Gasteiger partial charge in [0.15, 0.2) is 0 Å². The summed E-state index contributed by atoms with van der Waals surface area (Å²) in [6.45, 7) is 3.15. The lowest BCUT2D eigenvalue weighted by atomic mass is 10.1. The van der Waals surface area contributed by atoms with Crippen LogP contribution >= 0.6 is 0 Å². The topological polar surface area (TPSA) is 45.2 Å². The Kier molecular flexibility index (Phi) is 4.71. The zero-order chi connectivity index (χ0) is 14.4. The van der Waals surface area contributed by atoms with Gasteiger partial charge in [-0.15, -0.1) is 0 Å². The van der Waals surface area contributed by atoms with Gasteiger partial charge in [-0.1, -0.05) is 30.3 Å². The fourth-order valence-corrected chi connectivity index (χ4v) is 1.93. The lowest BCUT2D eigenvalue weighted by Gasteiger charge is -2.19. The van der Waals surface area contributed by atoms with E-state index in [1.807, 2.05) is 30.3 Å². The summed E-state index contributed by atoms with van der Waals surface area (Å²) >= 11 is 0. The van der Waals surface area contributed by atoms with Crippen LogP contribution in [0, 0.1) is 6.92 Å². The molecule has 104 valence electrons. The number of hydrogen-bond acceptors (Lipinski definition) is 2. The molecule has 0 aliphatic heterocycles. The highest BCUT2D eigenvalue weighted by molar-refractivity contribution is 5.73. The average Bonchev–Trinajstić information content (AvgIpc) is 2.48. The van der Waals surface area contributed by atoms with Crippen molar-refractivity contribution >= 4 is 6.03 Å². The quantitative estimate of drug-likeness (QED) is 0.927. The van der Waals surface area contributed by atoms with E-state index in [9.17, 15) is 4.79 Å². The molecule has 0 radical (unpaired) electrons. The van der Waals surface area contributed by atoms with Gasteiger partial charge in [0.2, 0.25) is 0 Å². The normalized spacial score (nSPS) is 10.1. The van der Waals surface area contributed by atoms with E-state index in [0.29, 0.717) is 13.1 Å². The monoisotopic (exact) mass is 269 g/mol. The molecule has 2 aromatic rings. The molecule has 0 saturated carbocycles. The number of hydrogen-bond donors (Lipinski definition) is 1. The summed E-state index contributed by atoms with van der Waals surface area (Å²) in [6.07, 6.45) is 3.47. The van der Waals surface area contributed by atoms with Crippen molar-refractivity contribution in [1.82, 2.24) is 15.2 Å². The van der Waals surface area contributed by atoms with Gasteiger partial charge in [-0.05, 0) is 29.7 Å². The molecule has 0 unspecified atom stereocenters. The van der Waals surface area contributed by atoms with Crippen LogP contribution in [0.15, 0.2) is 48.8 Å². The third-order valence-electron chi connectivity index (χ3n) is 3.18. The van der Waals surface area contributed by atoms with Gasteiger partial charge >= 0.3 is 6.03 Å². The van der Waals surface area contributed by atoms with Gasteiger partial charge in [0, 0.05) is 32.5 Å². The van der Waals surface area contributed by atoms with E-state index in [-0.39, 0.29) is 6.03 Å². The summed E-state index contributed by atoms with van der Waals surface area (Å²) in [5.41, 5.74) is 3.34. The molecule has 0 saturated heterocycles. The first-order valence-electron chi connectivity index (χ1n) is 6.59. The van der Waals surface area contributed by atoms with Gasteiger partial charge in [-0.3, -0.25) is 4.98 Å². The first-order chi connectivity index (χ1) is 9.66. The summed E-state index contributed by atoms with van der Waals surface area (Å²) in [6, 6.07) is 11.8. The van der Waals surface area contributed by atoms with E-state index in [4.69, 9.17) is 0 Å². The lowest BCUT2D eigenvalue weighted by Crippen LogP contribution is -2.36. The maximum absolute atomic E-state index is 12.0. The highest BCUT2D eigenvalue weighted by atomic mass is 16.2. The Bertz CT molecular complexity index is 569. The highest BCUT2D eigenvalue weighted by Crippen LogP contribution is 2.09. The van der Waals surface area contributed by atoms with Crippen molar-refractivity contribution in [3.63, 3.8) is 0 Å². The van der Waals surface area contributed by atoms with Gasteiger partial charge in [0.05, 0.1) is 0 Å². The maximum atomic E-state index is 12.0. The third kappa shape index (κ3) is 3.82. The van der Waals surface area contributed by atoms with E-state index in [2.05, 4.69) is 23.3 Å². The largest absolute Gasteiger partial charge is 0.334 e. The summed E-state index contributed by atoms with van der Waals surface area (Å²) in [7, 11) is 1.80. The number of aryl methyl sites for hydroxylation is 1. The molecule has 0 aliphatic rings.